The van der Waals surface area contributed by atoms with E-state index in [9.17, 15) is 4.57 Å². The maximum absolute atomic E-state index is 12.9. The normalized spacial score (nSPS) is 11.2. The number of benzene rings is 2. The van der Waals surface area contributed by atoms with Crippen molar-refractivity contribution in [1.29, 1.82) is 0 Å². The zero-order valence-electron chi connectivity index (χ0n) is 14.9. The van der Waals surface area contributed by atoms with Crippen LogP contribution in [0.2, 0.25) is 0 Å². The molecule has 0 spiro atoms. The average Bonchev–Trinajstić information content (AvgIpc) is 2.62. The van der Waals surface area contributed by atoms with E-state index < -0.39 is 7.75 Å². The van der Waals surface area contributed by atoms with Crippen LogP contribution in [0.4, 0.5) is 5.69 Å². The van der Waals surface area contributed by atoms with Crippen molar-refractivity contribution in [2.24, 2.45) is 0 Å². The minimum Gasteiger partial charge on any atom is -0.493 e. The van der Waals surface area contributed by atoms with Crippen LogP contribution in [-0.2, 0) is 13.6 Å². The Morgan fingerprint density at radius 3 is 2.00 bits per heavy atom. The second kappa shape index (κ2) is 8.90. The van der Waals surface area contributed by atoms with Gasteiger partial charge in [-0.25, -0.2) is 4.57 Å². The van der Waals surface area contributed by atoms with Crippen molar-refractivity contribution in [3.05, 3.63) is 42.5 Å². The highest BCUT2D eigenvalue weighted by molar-refractivity contribution is 7.55. The molecule has 0 saturated carbocycles. The van der Waals surface area contributed by atoms with Crippen LogP contribution in [0.15, 0.2) is 42.5 Å². The van der Waals surface area contributed by atoms with Crippen LogP contribution in [-0.4, -0.2) is 27.4 Å². The molecule has 0 heterocycles. The van der Waals surface area contributed by atoms with Crippen LogP contribution in [0.3, 0.4) is 0 Å². The molecule has 2 aromatic carbocycles. The first-order valence-corrected chi connectivity index (χ1v) is 9.60. The summed E-state index contributed by atoms with van der Waals surface area (Å²) in [5.41, 5.74) is 2.32. The number of methoxy groups -OCH3 is 2. The van der Waals surface area contributed by atoms with Gasteiger partial charge in [0.15, 0.2) is 11.5 Å². The van der Waals surface area contributed by atoms with Gasteiger partial charge in [0.05, 0.1) is 33.1 Å². The monoisotopic (exact) mass is 365 g/mol. The first kappa shape index (κ1) is 19.3. The van der Waals surface area contributed by atoms with Gasteiger partial charge in [-0.05, 0) is 25.5 Å². The fourth-order valence-corrected chi connectivity index (χ4v) is 3.78. The molecule has 0 aliphatic rings. The number of nitrogens with one attached hydrogen (secondary N) is 1. The molecule has 0 atom stereocenters. The molecule has 0 unspecified atom stereocenters. The first-order valence-electron chi connectivity index (χ1n) is 8.05. The van der Waals surface area contributed by atoms with Crippen LogP contribution >= 0.6 is 7.75 Å². The van der Waals surface area contributed by atoms with Crippen molar-refractivity contribution >= 4 is 13.4 Å². The predicted octanol–water partition coefficient (Wildman–Crippen LogP) is 4.96. The van der Waals surface area contributed by atoms with E-state index >= 15 is 0 Å². The Bertz CT molecular complexity index is 726. The molecule has 0 aliphatic carbocycles. The summed E-state index contributed by atoms with van der Waals surface area (Å²) in [4.78, 5) is 0. The summed E-state index contributed by atoms with van der Waals surface area (Å²) in [6.07, 6.45) is 0. The van der Waals surface area contributed by atoms with Crippen LogP contribution in [0.1, 0.15) is 13.8 Å². The summed E-state index contributed by atoms with van der Waals surface area (Å²) in [5, 5.41) is 2.93. The maximum Gasteiger partial charge on any atom is 0.432 e. The highest BCUT2D eigenvalue weighted by atomic mass is 31.2. The van der Waals surface area contributed by atoms with Gasteiger partial charge in [-0.15, -0.1) is 0 Å². The van der Waals surface area contributed by atoms with Crippen LogP contribution in [0.25, 0.3) is 11.1 Å². The summed E-state index contributed by atoms with van der Waals surface area (Å²) < 4.78 is 34.3. The molecule has 0 bridgehead atoms. The molecular formula is C18H24NO5P. The van der Waals surface area contributed by atoms with Gasteiger partial charge in [0, 0.05) is 11.6 Å². The molecule has 7 heteroatoms. The Labute approximate surface area is 148 Å². The third-order valence-electron chi connectivity index (χ3n) is 3.46. The van der Waals surface area contributed by atoms with E-state index in [0.717, 1.165) is 11.1 Å². The lowest BCUT2D eigenvalue weighted by molar-refractivity contribution is 0.225. The lowest BCUT2D eigenvalue weighted by Gasteiger charge is -2.22. The van der Waals surface area contributed by atoms with Crippen LogP contribution in [0, 0.1) is 0 Å². The fraction of sp³-hybridized carbons (Fsp3) is 0.333. The minimum absolute atomic E-state index is 0.262. The van der Waals surface area contributed by atoms with Crippen LogP contribution < -0.4 is 14.6 Å². The second-order valence-electron chi connectivity index (χ2n) is 5.06. The molecule has 0 aromatic heterocycles. The summed E-state index contributed by atoms with van der Waals surface area (Å²) in [7, 11) is -0.364. The Hall–Kier alpha value is -2.01. The molecule has 0 aliphatic heterocycles. The number of anilines is 1. The number of hydrogen-bond donors (Lipinski definition) is 1. The van der Waals surface area contributed by atoms with Gasteiger partial charge < -0.3 is 9.47 Å². The van der Waals surface area contributed by atoms with E-state index in [0.29, 0.717) is 17.2 Å². The molecule has 25 heavy (non-hydrogen) atoms. The van der Waals surface area contributed by atoms with E-state index in [4.69, 9.17) is 18.5 Å². The van der Waals surface area contributed by atoms with E-state index in [1.807, 2.05) is 36.4 Å². The highest BCUT2D eigenvalue weighted by Crippen LogP contribution is 2.51. The largest absolute Gasteiger partial charge is 0.493 e. The molecule has 0 amide bonds. The van der Waals surface area contributed by atoms with Crippen molar-refractivity contribution in [2.75, 3.05) is 32.5 Å². The van der Waals surface area contributed by atoms with E-state index in [1.54, 1.807) is 34.1 Å². The van der Waals surface area contributed by atoms with Gasteiger partial charge in [0.2, 0.25) is 0 Å². The first-order chi connectivity index (χ1) is 12.1. The van der Waals surface area contributed by atoms with Gasteiger partial charge in [0.25, 0.3) is 0 Å². The second-order valence-corrected chi connectivity index (χ2v) is 6.80. The molecule has 2 aromatic rings. The summed E-state index contributed by atoms with van der Waals surface area (Å²) in [5.74, 6) is 1.10. The van der Waals surface area contributed by atoms with Crippen molar-refractivity contribution < 1.29 is 23.1 Å². The van der Waals surface area contributed by atoms with Gasteiger partial charge >= 0.3 is 7.75 Å². The summed E-state index contributed by atoms with van der Waals surface area (Å²) in [6, 6.07) is 13.3. The quantitative estimate of drug-likeness (QED) is 0.633. The van der Waals surface area contributed by atoms with E-state index in [-0.39, 0.29) is 13.2 Å². The number of hydrogen-bond acceptors (Lipinski definition) is 5. The number of rotatable bonds is 9. The molecule has 0 radical (unpaired) electrons. The van der Waals surface area contributed by atoms with Gasteiger partial charge in [0.1, 0.15) is 0 Å². The van der Waals surface area contributed by atoms with E-state index in [2.05, 4.69) is 5.09 Å². The maximum atomic E-state index is 12.9. The molecule has 0 saturated heterocycles. The molecule has 136 valence electrons. The Kier molecular flexibility index (Phi) is 6.88. The molecule has 0 fully saturated rings. The highest BCUT2D eigenvalue weighted by Gasteiger charge is 2.26. The Morgan fingerprint density at radius 2 is 1.48 bits per heavy atom. The SMILES string of the molecule is CCOP(=O)(Nc1cc(OC)c(OC)cc1-c1ccccc1)OCC. The molecule has 6 nitrogen and oxygen atoms in total. The van der Waals surface area contributed by atoms with Crippen molar-refractivity contribution in [3.8, 4) is 22.6 Å². The van der Waals surface area contributed by atoms with Gasteiger partial charge in [-0.2, -0.15) is 0 Å². The molecule has 1 N–H and O–H groups in total. The molecular weight excluding hydrogens is 341 g/mol. The topological polar surface area (TPSA) is 66.0 Å². The van der Waals surface area contributed by atoms with E-state index in [1.165, 1.54) is 0 Å². The zero-order chi connectivity index (χ0) is 18.3. The minimum atomic E-state index is -3.49. The van der Waals surface area contributed by atoms with Gasteiger partial charge in [-0.3, -0.25) is 14.1 Å². The Balaban J connectivity index is 2.56. The lowest BCUT2D eigenvalue weighted by Crippen LogP contribution is -2.06. The average molecular weight is 365 g/mol. The predicted molar refractivity (Wildman–Crippen MR) is 99.5 cm³/mol. The standard InChI is InChI=1S/C18H24NO5P/c1-5-23-25(20,24-6-2)19-16-13-18(22-4)17(21-3)12-15(16)14-10-8-7-9-11-14/h7-13H,5-6H2,1-4H3,(H,19,20). The van der Waals surface area contributed by atoms with Gasteiger partial charge in [-0.1, -0.05) is 30.3 Å². The fourth-order valence-electron chi connectivity index (χ4n) is 2.42. The summed E-state index contributed by atoms with van der Waals surface area (Å²) in [6.45, 7) is 4.05. The number of ether oxygens (including phenoxy) is 2. The Morgan fingerprint density at radius 1 is 0.920 bits per heavy atom. The third-order valence-corrected chi connectivity index (χ3v) is 5.18. The van der Waals surface area contributed by atoms with Crippen LogP contribution in [0.5, 0.6) is 11.5 Å². The van der Waals surface area contributed by atoms with Crippen molar-refractivity contribution in [2.45, 2.75) is 13.8 Å². The van der Waals surface area contributed by atoms with Crippen molar-refractivity contribution in [1.82, 2.24) is 0 Å². The third kappa shape index (κ3) is 4.75. The van der Waals surface area contributed by atoms with Crippen molar-refractivity contribution in [3.63, 3.8) is 0 Å². The summed E-state index contributed by atoms with van der Waals surface area (Å²) >= 11 is 0. The smallest absolute Gasteiger partial charge is 0.432 e. The lowest BCUT2D eigenvalue weighted by atomic mass is 10.0. The molecule has 2 rings (SSSR count). The zero-order valence-corrected chi connectivity index (χ0v) is 15.8.